The van der Waals surface area contributed by atoms with Gasteiger partial charge in [-0.1, -0.05) is 78.9 Å². The van der Waals surface area contributed by atoms with Crippen molar-refractivity contribution in [2.24, 2.45) is 0 Å². The molecule has 7 rings (SSSR count). The molecule has 0 bridgehead atoms. The molecule has 298 valence electrons. The van der Waals surface area contributed by atoms with Crippen molar-refractivity contribution in [1.29, 1.82) is 0 Å². The Balaban J connectivity index is 1.14. The second kappa shape index (κ2) is 16.2. The molecule has 2 fully saturated rings. The fourth-order valence-corrected chi connectivity index (χ4v) is 10.3. The van der Waals surface area contributed by atoms with Crippen molar-refractivity contribution in [3.63, 3.8) is 0 Å². The lowest BCUT2D eigenvalue weighted by Gasteiger charge is -2.38. The molecule has 0 spiro atoms. The van der Waals surface area contributed by atoms with Gasteiger partial charge in [0.15, 0.2) is 0 Å². The molecule has 0 radical (unpaired) electrons. The van der Waals surface area contributed by atoms with Gasteiger partial charge in [-0.3, -0.25) is 18.9 Å². The lowest BCUT2D eigenvalue weighted by Crippen LogP contribution is -2.60. The van der Waals surface area contributed by atoms with Crippen molar-refractivity contribution < 1.29 is 45.9 Å². The summed E-state index contributed by atoms with van der Waals surface area (Å²) in [5.41, 5.74) is -2.11. The van der Waals surface area contributed by atoms with Crippen LogP contribution in [0.3, 0.4) is 0 Å². The number of carbonyl (C=O) groups excluding carboxylic acids is 3. The van der Waals surface area contributed by atoms with E-state index in [0.717, 1.165) is 40.2 Å². The summed E-state index contributed by atoms with van der Waals surface area (Å²) in [6, 6.07) is 27.5. The summed E-state index contributed by atoms with van der Waals surface area (Å²) >= 11 is 0.897. The Kier molecular flexibility index (Phi) is 11.5. The highest BCUT2D eigenvalue weighted by molar-refractivity contribution is 7.89. The Hall–Kier alpha value is -4.83. The van der Waals surface area contributed by atoms with E-state index in [1.807, 2.05) is 60.7 Å². The molecule has 2 aliphatic rings. The zero-order valence-corrected chi connectivity index (χ0v) is 32.9. The Bertz CT molecular complexity index is 2450. The molecule has 12 nitrogen and oxygen atoms in total. The molecule has 3 atom stereocenters. The molecule has 4 aromatic carbocycles. The highest BCUT2D eigenvalue weighted by Crippen LogP contribution is 2.59. The van der Waals surface area contributed by atoms with Gasteiger partial charge in [0, 0.05) is 35.1 Å². The monoisotopic (exact) mass is 836 g/mol. The molecule has 1 aromatic heterocycles. The molecule has 17 heteroatoms. The zero-order chi connectivity index (χ0) is 40.5. The average molecular weight is 837 g/mol. The van der Waals surface area contributed by atoms with Gasteiger partial charge in [0.25, 0.3) is 5.91 Å². The van der Waals surface area contributed by atoms with Crippen LogP contribution in [0.25, 0.3) is 21.2 Å². The van der Waals surface area contributed by atoms with E-state index in [1.165, 1.54) is 21.3 Å². The second-order valence-corrected chi connectivity index (χ2v) is 18.9. The van der Waals surface area contributed by atoms with Crippen LogP contribution >= 0.6 is 18.9 Å². The van der Waals surface area contributed by atoms with Gasteiger partial charge in [0.05, 0.1) is 10.6 Å². The predicted octanol–water partition coefficient (Wildman–Crippen LogP) is 6.17. The van der Waals surface area contributed by atoms with Crippen LogP contribution in [0.2, 0.25) is 0 Å². The van der Waals surface area contributed by atoms with E-state index in [2.05, 4.69) is 10.6 Å². The number of hydrogen-bond acceptors (Lipinski definition) is 7. The summed E-state index contributed by atoms with van der Waals surface area (Å²) in [6.45, 7) is -0.379. The van der Waals surface area contributed by atoms with E-state index in [-0.39, 0.29) is 35.4 Å². The highest BCUT2D eigenvalue weighted by Gasteiger charge is 2.50. The minimum atomic E-state index is -5.85. The summed E-state index contributed by atoms with van der Waals surface area (Å²) in [6.07, 6.45) is 1.22. The SMILES string of the molecule is O=C(N[C@H]1CN(S(=O)(=O)CCc2ccccc2)CC[C@H]2CC[C@@H](C(=O)Nc3ccc(-c4ccccc4)cc3)N2C1=O)c1cc2cc(C(F)(F)P(=O)(O)O)ccc2s1. The van der Waals surface area contributed by atoms with E-state index in [0.29, 0.717) is 23.2 Å². The first-order valence-corrected chi connectivity index (χ1v) is 22.2. The van der Waals surface area contributed by atoms with Gasteiger partial charge in [-0.25, -0.2) is 8.42 Å². The van der Waals surface area contributed by atoms with Gasteiger partial charge < -0.3 is 25.3 Å². The van der Waals surface area contributed by atoms with Gasteiger partial charge in [0.1, 0.15) is 12.1 Å². The summed E-state index contributed by atoms with van der Waals surface area (Å²) in [7, 11) is -9.80. The van der Waals surface area contributed by atoms with Crippen molar-refractivity contribution >= 4 is 62.5 Å². The largest absolute Gasteiger partial charge is 0.399 e. The molecular formula is C40H39F2N4O8PS2. The number of fused-ring (bicyclic) bond motifs is 2. The molecule has 3 amide bonds. The smallest absolute Gasteiger partial charge is 0.338 e. The zero-order valence-electron chi connectivity index (χ0n) is 30.3. The third kappa shape index (κ3) is 8.71. The standard InChI is InChI=1S/C40H39F2N4O8PS2/c41-40(42,55(50,51)52)30-13-18-35-29(23-30)24-36(56-35)38(48)44-33-25-45(57(53,54)22-20-26-7-3-1-4-8-26)21-19-32-16-17-34(46(32)39(33)49)37(47)43-31-14-11-28(12-15-31)27-9-5-2-6-10-27/h1-15,18,23-24,32-34H,16-17,19-22,25H2,(H,43,47)(H,44,48)(H2,50,51,52)/t32-,33+,34+/m1/s1. The van der Waals surface area contributed by atoms with E-state index >= 15 is 0 Å². The molecule has 3 heterocycles. The number of halogens is 2. The lowest BCUT2D eigenvalue weighted by molar-refractivity contribution is -0.141. The number of amides is 3. The maximum Gasteiger partial charge on any atom is 0.399 e. The summed E-state index contributed by atoms with van der Waals surface area (Å²) in [5, 5.41) is 5.69. The molecule has 0 unspecified atom stereocenters. The van der Waals surface area contributed by atoms with Gasteiger partial charge in [-0.05, 0) is 78.1 Å². The number of thiophene rings is 1. The summed E-state index contributed by atoms with van der Waals surface area (Å²) in [5.74, 6) is -2.11. The van der Waals surface area contributed by atoms with E-state index in [1.54, 1.807) is 24.3 Å². The van der Waals surface area contributed by atoms with Gasteiger partial charge >= 0.3 is 13.3 Å². The Labute approximate surface area is 331 Å². The van der Waals surface area contributed by atoms with Gasteiger partial charge in [-0.15, -0.1) is 11.3 Å². The highest BCUT2D eigenvalue weighted by atomic mass is 32.2. The Morgan fingerprint density at radius 1 is 0.877 bits per heavy atom. The number of carbonyl (C=O) groups is 3. The average Bonchev–Trinajstić information content (AvgIpc) is 3.82. The number of nitrogens with zero attached hydrogens (tertiary/aromatic N) is 2. The third-order valence-corrected chi connectivity index (χ3v) is 14.3. The van der Waals surface area contributed by atoms with E-state index < -0.39 is 71.2 Å². The molecule has 57 heavy (non-hydrogen) atoms. The topological polar surface area (TPSA) is 173 Å². The van der Waals surface area contributed by atoms with Crippen molar-refractivity contribution in [3.8, 4) is 11.1 Å². The third-order valence-electron chi connectivity index (χ3n) is 10.4. The van der Waals surface area contributed by atoms with Crippen LogP contribution in [0.4, 0.5) is 14.5 Å². The number of rotatable bonds is 11. The normalized spacial score (nSPS) is 19.5. The molecule has 0 saturated carbocycles. The first-order valence-electron chi connectivity index (χ1n) is 18.2. The van der Waals surface area contributed by atoms with Crippen molar-refractivity contribution in [2.75, 3.05) is 24.2 Å². The van der Waals surface area contributed by atoms with E-state index in [4.69, 9.17) is 0 Å². The van der Waals surface area contributed by atoms with Gasteiger partial charge in [0.2, 0.25) is 21.8 Å². The Morgan fingerprint density at radius 3 is 2.23 bits per heavy atom. The number of benzene rings is 4. The molecule has 2 saturated heterocycles. The van der Waals surface area contributed by atoms with Crippen molar-refractivity contribution in [3.05, 3.63) is 125 Å². The number of alkyl halides is 2. The second-order valence-electron chi connectivity index (χ2n) is 14.1. The van der Waals surface area contributed by atoms with Crippen LogP contribution in [-0.2, 0) is 36.3 Å². The minimum absolute atomic E-state index is 0.0128. The van der Waals surface area contributed by atoms with Crippen LogP contribution in [0.1, 0.15) is 40.1 Å². The van der Waals surface area contributed by atoms with Crippen LogP contribution < -0.4 is 10.6 Å². The van der Waals surface area contributed by atoms with Gasteiger partial charge in [-0.2, -0.15) is 13.1 Å². The first-order chi connectivity index (χ1) is 27.1. The first kappa shape index (κ1) is 40.4. The van der Waals surface area contributed by atoms with Crippen LogP contribution in [-0.4, -0.2) is 82.1 Å². The minimum Gasteiger partial charge on any atom is -0.338 e. The number of nitrogens with one attached hydrogen (secondary N) is 2. The molecule has 4 N–H and O–H groups in total. The van der Waals surface area contributed by atoms with E-state index in [9.17, 15) is 45.9 Å². The summed E-state index contributed by atoms with van der Waals surface area (Å²) < 4.78 is 69.7. The molecule has 5 aromatic rings. The number of hydrogen-bond donors (Lipinski definition) is 4. The lowest BCUT2D eigenvalue weighted by atomic mass is 10.1. The molecule has 0 aliphatic carbocycles. The van der Waals surface area contributed by atoms with Crippen LogP contribution in [0.5, 0.6) is 0 Å². The quantitative estimate of drug-likeness (QED) is 0.114. The predicted molar refractivity (Wildman–Crippen MR) is 213 cm³/mol. The number of aryl methyl sites for hydroxylation is 1. The van der Waals surface area contributed by atoms with Crippen LogP contribution in [0.15, 0.2) is 109 Å². The molecular weight excluding hydrogens is 798 g/mol. The van der Waals surface area contributed by atoms with Crippen LogP contribution in [0, 0.1) is 0 Å². The number of anilines is 1. The van der Waals surface area contributed by atoms with Crippen molar-refractivity contribution in [2.45, 2.75) is 49.5 Å². The van der Waals surface area contributed by atoms with Crippen molar-refractivity contribution in [1.82, 2.24) is 14.5 Å². The fraction of sp³-hybridized carbons (Fsp3) is 0.275. The Morgan fingerprint density at radius 2 is 1.54 bits per heavy atom. The number of sulfonamides is 1. The maximum absolute atomic E-state index is 14.5. The summed E-state index contributed by atoms with van der Waals surface area (Å²) in [4.78, 5) is 62.1. The molecule has 2 aliphatic heterocycles. The fourth-order valence-electron chi connectivity index (χ4n) is 7.33. The maximum atomic E-state index is 14.5.